The van der Waals surface area contributed by atoms with Crippen molar-refractivity contribution in [1.29, 1.82) is 5.26 Å². The van der Waals surface area contributed by atoms with Crippen molar-refractivity contribution in [2.45, 2.75) is 37.7 Å². The molecule has 1 fully saturated rings. The number of aromatic nitrogens is 2. The molecule has 1 saturated heterocycles. The van der Waals surface area contributed by atoms with E-state index < -0.39 is 17.4 Å². The first kappa shape index (κ1) is 19.7. The third-order valence-corrected chi connectivity index (χ3v) is 5.70. The van der Waals surface area contributed by atoms with Gasteiger partial charge in [0.2, 0.25) is 5.60 Å². The van der Waals surface area contributed by atoms with Gasteiger partial charge >= 0.3 is 0 Å². The van der Waals surface area contributed by atoms with Crippen molar-refractivity contribution in [1.82, 2.24) is 14.7 Å². The fourth-order valence-electron chi connectivity index (χ4n) is 4.02. The quantitative estimate of drug-likeness (QED) is 0.713. The number of nitriles is 1. The summed E-state index contributed by atoms with van der Waals surface area (Å²) in [6.45, 7) is 0.421. The summed E-state index contributed by atoms with van der Waals surface area (Å²) in [6.07, 6.45) is 3.70. The summed E-state index contributed by atoms with van der Waals surface area (Å²) in [6, 6.07) is 7.12. The molecule has 1 aromatic carbocycles. The molecule has 8 heteroatoms. The Labute approximate surface area is 173 Å². The monoisotopic (exact) mass is 403 g/mol. The van der Waals surface area contributed by atoms with Gasteiger partial charge in [0.25, 0.3) is 11.8 Å². The van der Waals surface area contributed by atoms with Crippen molar-refractivity contribution in [3.63, 3.8) is 0 Å². The topological polar surface area (TPSA) is 125 Å². The van der Waals surface area contributed by atoms with Crippen molar-refractivity contribution in [2.75, 3.05) is 13.6 Å². The van der Waals surface area contributed by atoms with Crippen molar-refractivity contribution < 1.29 is 14.7 Å². The molecular formula is C22H21N5O3. The number of amides is 2. The van der Waals surface area contributed by atoms with Crippen LogP contribution >= 0.6 is 0 Å². The molecule has 2 heterocycles. The molecule has 1 aromatic heterocycles. The van der Waals surface area contributed by atoms with Gasteiger partial charge in [0.15, 0.2) is 5.69 Å². The third-order valence-electron chi connectivity index (χ3n) is 5.70. The van der Waals surface area contributed by atoms with E-state index in [1.807, 2.05) is 0 Å². The van der Waals surface area contributed by atoms with Crippen LogP contribution in [-0.4, -0.2) is 50.8 Å². The smallest absolute Gasteiger partial charge is 0.269 e. The minimum atomic E-state index is -1.75. The van der Waals surface area contributed by atoms with Gasteiger partial charge in [-0.25, -0.2) is 4.68 Å². The molecule has 30 heavy (non-hydrogen) atoms. The van der Waals surface area contributed by atoms with Gasteiger partial charge in [-0.2, -0.15) is 10.4 Å². The second-order valence-electron chi connectivity index (χ2n) is 7.69. The molecule has 0 saturated carbocycles. The van der Waals surface area contributed by atoms with E-state index in [-0.39, 0.29) is 12.1 Å². The van der Waals surface area contributed by atoms with Gasteiger partial charge in [0, 0.05) is 36.8 Å². The van der Waals surface area contributed by atoms with Crippen LogP contribution in [-0.2, 0) is 17.6 Å². The summed E-state index contributed by atoms with van der Waals surface area (Å²) in [5.74, 6) is 4.46. The van der Waals surface area contributed by atoms with Crippen LogP contribution in [0.5, 0.6) is 0 Å². The van der Waals surface area contributed by atoms with Crippen LogP contribution in [0.25, 0.3) is 5.69 Å². The summed E-state index contributed by atoms with van der Waals surface area (Å²) >= 11 is 0. The average molecular weight is 403 g/mol. The number of primary amides is 1. The number of benzene rings is 1. The van der Waals surface area contributed by atoms with E-state index in [4.69, 9.17) is 5.73 Å². The Balaban J connectivity index is 1.79. The number of rotatable bonds is 2. The number of nitrogens with zero attached hydrogens (tertiary/aromatic N) is 4. The zero-order chi connectivity index (χ0) is 21.5. The molecule has 0 radical (unpaired) electrons. The molecule has 1 atom stereocenters. The highest BCUT2D eigenvalue weighted by atomic mass is 16.3. The second-order valence-corrected chi connectivity index (χ2v) is 7.69. The fraction of sp³-hybridized carbons (Fsp3) is 0.364. The molecule has 2 aliphatic rings. The molecule has 152 valence electrons. The number of nitrogens with two attached hydrogens (primary N) is 1. The van der Waals surface area contributed by atoms with Crippen molar-refractivity contribution in [2.24, 2.45) is 5.73 Å². The first-order valence-electron chi connectivity index (χ1n) is 9.80. The van der Waals surface area contributed by atoms with Gasteiger partial charge in [0.05, 0.1) is 11.3 Å². The highest BCUT2D eigenvalue weighted by Gasteiger charge is 2.42. The number of fused-ring (bicyclic) bond motifs is 1. The Kier molecular flexibility index (Phi) is 4.81. The zero-order valence-corrected chi connectivity index (χ0v) is 16.6. The first-order chi connectivity index (χ1) is 14.3. The fourth-order valence-corrected chi connectivity index (χ4v) is 4.02. The van der Waals surface area contributed by atoms with E-state index in [1.165, 1.54) is 4.90 Å². The standard InChI is InChI=1S/C22H21N5O3/c1-26-11-10-22(30,21(26)29)9-8-14-12-16(7-6-15(14)13-23)27-18-5-3-2-4-17(18)19(25-27)20(24)28/h6-7,12,30H,2-5,10-11H2,1H3,(H2,24,28)/t22-/m0/s1. The van der Waals surface area contributed by atoms with Gasteiger partial charge in [-0.1, -0.05) is 11.8 Å². The molecule has 8 nitrogen and oxygen atoms in total. The Morgan fingerprint density at radius 1 is 1.30 bits per heavy atom. The Morgan fingerprint density at radius 3 is 2.73 bits per heavy atom. The minimum Gasteiger partial charge on any atom is -0.369 e. The van der Waals surface area contributed by atoms with Crippen molar-refractivity contribution in [3.05, 3.63) is 46.3 Å². The molecule has 0 unspecified atom stereocenters. The molecule has 2 aromatic rings. The zero-order valence-electron chi connectivity index (χ0n) is 16.6. The number of likely N-dealkylation sites (N-methyl/N-ethyl adjacent to an activating group) is 1. The van der Waals surface area contributed by atoms with Crippen LogP contribution in [0.3, 0.4) is 0 Å². The number of carbonyl (C=O) groups is 2. The Morgan fingerprint density at radius 2 is 2.07 bits per heavy atom. The second kappa shape index (κ2) is 7.33. The maximum absolute atomic E-state index is 12.2. The third kappa shape index (κ3) is 3.22. The summed E-state index contributed by atoms with van der Waals surface area (Å²) in [4.78, 5) is 25.4. The first-order valence-corrected chi connectivity index (χ1v) is 9.80. The molecule has 1 aliphatic heterocycles. The normalized spacial score (nSPS) is 20.3. The SMILES string of the molecule is CN1CC[C@@](O)(C#Cc2cc(-n3nc(C(N)=O)c4c3CCCC4)ccc2C#N)C1=O. The Hall–Kier alpha value is -3.62. The van der Waals surface area contributed by atoms with Gasteiger partial charge < -0.3 is 15.7 Å². The lowest BCUT2D eigenvalue weighted by Gasteiger charge is -2.15. The van der Waals surface area contributed by atoms with Crippen molar-refractivity contribution >= 4 is 11.8 Å². The molecule has 2 amide bonds. The lowest BCUT2D eigenvalue weighted by atomic mass is 9.95. The lowest BCUT2D eigenvalue weighted by Crippen LogP contribution is -2.37. The predicted molar refractivity (Wildman–Crippen MR) is 108 cm³/mol. The lowest BCUT2D eigenvalue weighted by molar-refractivity contribution is -0.137. The largest absolute Gasteiger partial charge is 0.369 e. The summed E-state index contributed by atoms with van der Waals surface area (Å²) < 4.78 is 1.68. The number of likely N-dealkylation sites (tertiary alicyclic amines) is 1. The van der Waals surface area contributed by atoms with Crippen LogP contribution in [0.1, 0.15) is 52.1 Å². The van der Waals surface area contributed by atoms with Crippen LogP contribution < -0.4 is 5.73 Å². The van der Waals surface area contributed by atoms with Crippen LogP contribution in [0.15, 0.2) is 18.2 Å². The van der Waals surface area contributed by atoms with E-state index in [1.54, 1.807) is 29.9 Å². The molecule has 4 rings (SSSR count). The summed E-state index contributed by atoms with van der Waals surface area (Å²) in [5, 5.41) is 24.4. The Bertz CT molecular complexity index is 1160. The molecular weight excluding hydrogens is 382 g/mol. The maximum atomic E-state index is 12.2. The molecule has 0 spiro atoms. The number of aliphatic hydroxyl groups is 1. The predicted octanol–water partition coefficient (Wildman–Crippen LogP) is 0.666. The summed E-state index contributed by atoms with van der Waals surface area (Å²) in [7, 11) is 1.61. The average Bonchev–Trinajstić information content (AvgIpc) is 3.26. The van der Waals surface area contributed by atoms with E-state index >= 15 is 0 Å². The van der Waals surface area contributed by atoms with Crippen molar-refractivity contribution in [3.8, 4) is 23.6 Å². The number of hydrogen-bond acceptors (Lipinski definition) is 5. The molecule has 1 aliphatic carbocycles. The van der Waals surface area contributed by atoms with E-state index in [0.717, 1.165) is 36.9 Å². The van der Waals surface area contributed by atoms with Crippen LogP contribution in [0, 0.1) is 23.2 Å². The van der Waals surface area contributed by atoms with E-state index in [9.17, 15) is 20.0 Å². The highest BCUT2D eigenvalue weighted by Crippen LogP contribution is 2.28. The maximum Gasteiger partial charge on any atom is 0.269 e. The minimum absolute atomic E-state index is 0.214. The van der Waals surface area contributed by atoms with Crippen LogP contribution in [0.4, 0.5) is 0 Å². The van der Waals surface area contributed by atoms with Crippen LogP contribution in [0.2, 0.25) is 0 Å². The number of hydrogen-bond donors (Lipinski definition) is 2. The molecule has 3 N–H and O–H groups in total. The van der Waals surface area contributed by atoms with Gasteiger partial charge in [-0.15, -0.1) is 0 Å². The van der Waals surface area contributed by atoms with E-state index in [0.29, 0.717) is 23.4 Å². The van der Waals surface area contributed by atoms with Gasteiger partial charge in [-0.05, 0) is 43.9 Å². The molecule has 0 bridgehead atoms. The van der Waals surface area contributed by atoms with Gasteiger partial charge in [0.1, 0.15) is 6.07 Å². The highest BCUT2D eigenvalue weighted by molar-refractivity contribution is 5.93. The van der Waals surface area contributed by atoms with E-state index in [2.05, 4.69) is 23.0 Å². The van der Waals surface area contributed by atoms with Gasteiger partial charge in [-0.3, -0.25) is 9.59 Å². The summed E-state index contributed by atoms with van der Waals surface area (Å²) in [5.41, 5.74) is 7.20. The number of carbonyl (C=O) groups excluding carboxylic acids is 2.